The number of aromatic amines is 1. The van der Waals surface area contributed by atoms with Crippen LogP contribution in [0.2, 0.25) is 0 Å². The van der Waals surface area contributed by atoms with Crippen molar-refractivity contribution in [2.24, 2.45) is 5.92 Å². The molecule has 1 aliphatic carbocycles. The van der Waals surface area contributed by atoms with Gasteiger partial charge in [-0.25, -0.2) is 18.4 Å². The summed E-state index contributed by atoms with van der Waals surface area (Å²) in [4.78, 5) is 33.7. The monoisotopic (exact) mass is 379 g/mol. The number of carbonyl (C=O) groups excluding carboxylic acids is 1. The minimum absolute atomic E-state index is 0.0493. The zero-order valence-electron chi connectivity index (χ0n) is 15.4. The lowest BCUT2D eigenvalue weighted by atomic mass is 9.92. The fourth-order valence-corrected chi connectivity index (χ4v) is 4.19. The number of hydrogen-bond acceptors (Lipinski definition) is 4. The van der Waals surface area contributed by atoms with Gasteiger partial charge in [-0.15, -0.1) is 0 Å². The highest BCUT2D eigenvalue weighted by Gasteiger charge is 2.37. The Morgan fingerprint density at radius 2 is 2.00 bits per heavy atom. The molecule has 1 saturated carbocycles. The molecular weight excluding hydrogens is 356 g/mol. The molecule has 2 aromatic rings. The predicted octanol–water partition coefficient (Wildman–Crippen LogP) is 2.28. The van der Waals surface area contributed by atoms with Gasteiger partial charge in [0.05, 0.1) is 12.2 Å². The molecule has 7 nitrogen and oxygen atoms in total. The van der Waals surface area contributed by atoms with Crippen molar-refractivity contribution < 1.29 is 13.6 Å². The van der Waals surface area contributed by atoms with Crippen LogP contribution in [0.5, 0.6) is 0 Å². The van der Waals surface area contributed by atoms with Crippen LogP contribution >= 0.6 is 0 Å². The average molecular weight is 379 g/mol. The van der Waals surface area contributed by atoms with E-state index in [-0.39, 0.29) is 42.3 Å². The number of aromatic nitrogens is 4. The zero-order valence-corrected chi connectivity index (χ0v) is 15.4. The fourth-order valence-electron chi connectivity index (χ4n) is 4.19. The van der Waals surface area contributed by atoms with E-state index in [2.05, 4.69) is 15.1 Å². The molecule has 0 spiro atoms. The van der Waals surface area contributed by atoms with E-state index in [9.17, 15) is 18.4 Å². The van der Waals surface area contributed by atoms with Crippen LogP contribution in [-0.4, -0.2) is 49.6 Å². The molecule has 1 N–H and O–H groups in total. The summed E-state index contributed by atoms with van der Waals surface area (Å²) in [6.07, 6.45) is 2.74. The lowest BCUT2D eigenvalue weighted by molar-refractivity contribution is -0.130. The first-order valence-corrected chi connectivity index (χ1v) is 9.36. The van der Waals surface area contributed by atoms with E-state index in [1.807, 2.05) is 6.92 Å². The number of fused-ring (bicyclic) bond motifs is 1. The number of nitrogens with one attached hydrogen (secondary N) is 1. The van der Waals surface area contributed by atoms with E-state index in [0.717, 1.165) is 0 Å². The highest BCUT2D eigenvalue weighted by Crippen LogP contribution is 2.38. The molecule has 0 aromatic carbocycles. The Labute approximate surface area is 154 Å². The van der Waals surface area contributed by atoms with Gasteiger partial charge in [-0.2, -0.15) is 5.10 Å². The zero-order chi connectivity index (χ0) is 19.3. The Hall–Kier alpha value is -2.32. The van der Waals surface area contributed by atoms with Crippen molar-refractivity contribution in [3.63, 3.8) is 0 Å². The third kappa shape index (κ3) is 3.23. The number of nitrogens with zero attached hydrogens (tertiary/aromatic N) is 4. The molecule has 1 saturated heterocycles. The van der Waals surface area contributed by atoms with E-state index in [0.29, 0.717) is 42.5 Å². The molecule has 27 heavy (non-hydrogen) atoms. The second kappa shape index (κ2) is 6.38. The molecule has 3 heterocycles. The molecule has 146 valence electrons. The molecular formula is C18H23F2N5O2. The van der Waals surface area contributed by atoms with Crippen molar-refractivity contribution in [2.45, 2.75) is 63.5 Å². The molecule has 1 unspecified atom stereocenters. The lowest BCUT2D eigenvalue weighted by Gasteiger charge is -2.28. The maximum atomic E-state index is 13.5. The number of H-pyrrole nitrogens is 1. The van der Waals surface area contributed by atoms with Crippen LogP contribution < -0.4 is 5.56 Å². The molecule has 2 aromatic heterocycles. The highest BCUT2D eigenvalue weighted by atomic mass is 19.3. The first-order valence-electron chi connectivity index (χ1n) is 9.36. The van der Waals surface area contributed by atoms with Crippen LogP contribution in [0, 0.1) is 5.92 Å². The van der Waals surface area contributed by atoms with E-state index in [1.54, 1.807) is 16.6 Å². The third-order valence-electron chi connectivity index (χ3n) is 5.97. The largest absolute Gasteiger partial charge is 0.343 e. The Morgan fingerprint density at radius 1 is 1.30 bits per heavy atom. The Balaban J connectivity index is 1.63. The fraction of sp³-hybridized carbons (Fsp3) is 0.667. The van der Waals surface area contributed by atoms with E-state index in [4.69, 9.17) is 0 Å². The van der Waals surface area contributed by atoms with Crippen molar-refractivity contribution in [1.29, 1.82) is 0 Å². The van der Waals surface area contributed by atoms with Gasteiger partial charge in [0.15, 0.2) is 5.65 Å². The molecule has 2 aliphatic rings. The molecule has 0 bridgehead atoms. The van der Waals surface area contributed by atoms with Gasteiger partial charge >= 0.3 is 0 Å². The number of halogens is 2. The van der Waals surface area contributed by atoms with Crippen molar-refractivity contribution in [3.05, 3.63) is 22.4 Å². The van der Waals surface area contributed by atoms with E-state index < -0.39 is 5.92 Å². The number of alkyl halides is 2. The topological polar surface area (TPSA) is 83.9 Å². The molecule has 9 heteroatoms. The summed E-state index contributed by atoms with van der Waals surface area (Å²) in [5.74, 6) is -2.35. The van der Waals surface area contributed by atoms with Crippen LogP contribution in [-0.2, 0) is 11.2 Å². The molecule has 2 fully saturated rings. The quantitative estimate of drug-likeness (QED) is 0.887. The second-order valence-electron chi connectivity index (χ2n) is 7.86. The molecule has 1 amide bonds. The van der Waals surface area contributed by atoms with Gasteiger partial charge in [0.1, 0.15) is 11.2 Å². The first-order chi connectivity index (χ1) is 12.7. The molecule has 0 radical (unpaired) electrons. The van der Waals surface area contributed by atoms with E-state index in [1.165, 1.54) is 6.20 Å². The Bertz CT molecular complexity index is 927. The van der Waals surface area contributed by atoms with Crippen LogP contribution in [0.25, 0.3) is 11.0 Å². The van der Waals surface area contributed by atoms with Crippen molar-refractivity contribution in [2.75, 3.05) is 7.05 Å². The number of amides is 1. The Morgan fingerprint density at radius 3 is 2.63 bits per heavy atom. The smallest absolute Gasteiger partial charge is 0.262 e. The summed E-state index contributed by atoms with van der Waals surface area (Å²) in [6.45, 7) is 1.99. The van der Waals surface area contributed by atoms with Crippen molar-refractivity contribution in [3.8, 4) is 0 Å². The minimum atomic E-state index is -2.62. The molecule has 2 atom stereocenters. The maximum absolute atomic E-state index is 13.5. The average Bonchev–Trinajstić information content (AvgIpc) is 3.13. The van der Waals surface area contributed by atoms with Gasteiger partial charge in [0.25, 0.3) is 5.56 Å². The summed E-state index contributed by atoms with van der Waals surface area (Å²) < 4.78 is 28.5. The normalized spacial score (nSPS) is 26.2. The standard InChI is InChI=1S/C18H23F2N5O2/c1-10-7-11(17(27)24(10)2)8-14-22-15-13(16(26)23-14)9-21-25(15)12-3-5-18(19,20)6-4-12/h9-12H,3-8H2,1-2H3,(H,22,23,26)/t10-,11?/m1/s1. The third-order valence-corrected chi connectivity index (χ3v) is 5.97. The Kier molecular flexibility index (Phi) is 4.27. The molecule has 1 aliphatic heterocycles. The SMILES string of the molecule is C[C@@H]1CC(Cc2nc3c(cnn3C3CCC(F)(F)CC3)c(=O)[nH]2)C(=O)N1C. The van der Waals surface area contributed by atoms with Crippen LogP contribution in [0.15, 0.2) is 11.0 Å². The predicted molar refractivity (Wildman–Crippen MR) is 94.6 cm³/mol. The summed E-state index contributed by atoms with van der Waals surface area (Å²) in [5.41, 5.74) is 0.102. The summed E-state index contributed by atoms with van der Waals surface area (Å²) >= 11 is 0. The van der Waals surface area contributed by atoms with Gasteiger partial charge in [0, 0.05) is 38.3 Å². The number of rotatable bonds is 3. The number of likely N-dealkylation sites (tertiary alicyclic amines) is 1. The molecule has 4 rings (SSSR count). The van der Waals surface area contributed by atoms with Crippen molar-refractivity contribution in [1.82, 2.24) is 24.6 Å². The van der Waals surface area contributed by atoms with Gasteiger partial charge in [-0.3, -0.25) is 9.59 Å². The number of carbonyl (C=O) groups is 1. The number of hydrogen-bond donors (Lipinski definition) is 1. The lowest BCUT2D eigenvalue weighted by Crippen LogP contribution is -2.28. The summed E-state index contributed by atoms with van der Waals surface area (Å²) in [6, 6.07) is -0.0315. The second-order valence-corrected chi connectivity index (χ2v) is 7.86. The summed E-state index contributed by atoms with van der Waals surface area (Å²) in [7, 11) is 1.78. The highest BCUT2D eigenvalue weighted by molar-refractivity contribution is 5.81. The van der Waals surface area contributed by atoms with Crippen LogP contribution in [0.3, 0.4) is 0 Å². The summed E-state index contributed by atoms with van der Waals surface area (Å²) in [5, 5.41) is 4.60. The first kappa shape index (κ1) is 18.1. The van der Waals surface area contributed by atoms with E-state index >= 15 is 0 Å². The maximum Gasteiger partial charge on any atom is 0.262 e. The van der Waals surface area contributed by atoms with Crippen molar-refractivity contribution >= 4 is 16.9 Å². The van der Waals surface area contributed by atoms with Gasteiger partial charge < -0.3 is 9.88 Å². The van der Waals surface area contributed by atoms with Crippen LogP contribution in [0.1, 0.15) is 50.9 Å². The minimum Gasteiger partial charge on any atom is -0.343 e. The van der Waals surface area contributed by atoms with Gasteiger partial charge in [-0.05, 0) is 26.2 Å². The van der Waals surface area contributed by atoms with Gasteiger partial charge in [0.2, 0.25) is 11.8 Å². The van der Waals surface area contributed by atoms with Gasteiger partial charge in [-0.1, -0.05) is 0 Å². The van der Waals surface area contributed by atoms with Crippen LogP contribution in [0.4, 0.5) is 8.78 Å².